The van der Waals surface area contributed by atoms with Gasteiger partial charge in [0.05, 0.1) is 17.3 Å². The van der Waals surface area contributed by atoms with Gasteiger partial charge in [-0.1, -0.05) is 66.7 Å². The second-order valence-electron chi connectivity index (χ2n) is 7.26. The molecule has 2 heterocycles. The summed E-state index contributed by atoms with van der Waals surface area (Å²) in [4.78, 5) is 17.2. The Kier molecular flexibility index (Phi) is 5.99. The first kappa shape index (κ1) is 20.3. The SMILES string of the molecule is CC[C@@H](NC(=O)CSc1nnc2c3ccccc3n(CC)c2n1)c1ccc(C)cc1. The molecule has 0 bridgehead atoms. The van der Waals surface area contributed by atoms with Crippen molar-refractivity contribution in [3.63, 3.8) is 0 Å². The lowest BCUT2D eigenvalue weighted by Crippen LogP contribution is -2.29. The predicted octanol–water partition coefficient (Wildman–Crippen LogP) is 4.67. The van der Waals surface area contributed by atoms with E-state index in [-0.39, 0.29) is 17.7 Å². The number of aryl methyl sites for hydroxylation is 2. The number of carbonyl (C=O) groups is 1. The first-order valence-corrected chi connectivity index (χ1v) is 11.2. The highest BCUT2D eigenvalue weighted by molar-refractivity contribution is 7.99. The number of rotatable bonds is 7. The molecule has 4 rings (SSSR count). The number of nitrogens with zero attached hydrogens (tertiary/aromatic N) is 4. The minimum Gasteiger partial charge on any atom is -0.349 e. The highest BCUT2D eigenvalue weighted by atomic mass is 32.2. The summed E-state index contributed by atoms with van der Waals surface area (Å²) in [6.45, 7) is 7.01. The summed E-state index contributed by atoms with van der Waals surface area (Å²) in [7, 11) is 0. The van der Waals surface area contributed by atoms with Crippen LogP contribution in [0.4, 0.5) is 0 Å². The first-order chi connectivity index (χ1) is 14.6. The Labute approximate surface area is 180 Å². The number of thioether (sulfide) groups is 1. The molecule has 4 aromatic rings. The zero-order valence-corrected chi connectivity index (χ0v) is 18.2. The molecule has 6 nitrogen and oxygen atoms in total. The van der Waals surface area contributed by atoms with Crippen LogP contribution in [0.2, 0.25) is 0 Å². The van der Waals surface area contributed by atoms with Crippen molar-refractivity contribution in [2.45, 2.75) is 44.9 Å². The quantitative estimate of drug-likeness (QED) is 0.441. The molecule has 154 valence electrons. The van der Waals surface area contributed by atoms with E-state index in [2.05, 4.69) is 71.2 Å². The van der Waals surface area contributed by atoms with E-state index in [0.717, 1.165) is 40.6 Å². The number of amides is 1. The number of aromatic nitrogens is 4. The van der Waals surface area contributed by atoms with E-state index >= 15 is 0 Å². The van der Waals surface area contributed by atoms with Crippen LogP contribution in [-0.4, -0.2) is 31.4 Å². The zero-order chi connectivity index (χ0) is 21.1. The third-order valence-electron chi connectivity index (χ3n) is 5.23. The second kappa shape index (κ2) is 8.83. The molecule has 0 fully saturated rings. The van der Waals surface area contributed by atoms with Gasteiger partial charge in [0.25, 0.3) is 0 Å². The number of fused-ring (bicyclic) bond motifs is 3. The molecule has 0 saturated heterocycles. The smallest absolute Gasteiger partial charge is 0.230 e. The summed E-state index contributed by atoms with van der Waals surface area (Å²) >= 11 is 1.31. The van der Waals surface area contributed by atoms with E-state index in [4.69, 9.17) is 4.98 Å². The van der Waals surface area contributed by atoms with Crippen molar-refractivity contribution in [1.82, 2.24) is 25.1 Å². The second-order valence-corrected chi connectivity index (χ2v) is 8.20. The van der Waals surface area contributed by atoms with Crippen molar-refractivity contribution < 1.29 is 4.79 Å². The molecule has 1 amide bonds. The molecule has 1 N–H and O–H groups in total. The minimum absolute atomic E-state index is 0.00264. The van der Waals surface area contributed by atoms with Crippen LogP contribution in [0.15, 0.2) is 53.7 Å². The Hall–Kier alpha value is -2.93. The maximum atomic E-state index is 12.5. The van der Waals surface area contributed by atoms with Gasteiger partial charge in [-0.3, -0.25) is 4.79 Å². The van der Waals surface area contributed by atoms with Crippen molar-refractivity contribution in [1.29, 1.82) is 0 Å². The van der Waals surface area contributed by atoms with Gasteiger partial charge in [0.15, 0.2) is 5.65 Å². The van der Waals surface area contributed by atoms with Crippen LogP contribution in [0.3, 0.4) is 0 Å². The van der Waals surface area contributed by atoms with E-state index in [0.29, 0.717) is 5.16 Å². The van der Waals surface area contributed by atoms with Crippen LogP contribution in [0.25, 0.3) is 22.1 Å². The van der Waals surface area contributed by atoms with E-state index in [1.807, 2.05) is 18.2 Å². The van der Waals surface area contributed by atoms with Crippen LogP contribution < -0.4 is 5.32 Å². The Morgan fingerprint density at radius 2 is 1.87 bits per heavy atom. The molecule has 2 aromatic heterocycles. The molecular formula is C23H25N5OS. The zero-order valence-electron chi connectivity index (χ0n) is 17.4. The molecule has 0 spiro atoms. The third kappa shape index (κ3) is 4.03. The standard InChI is InChI=1S/C23H25N5OS/c1-4-18(16-12-10-15(3)11-13-16)24-20(29)14-30-23-25-22-21(26-27-23)17-8-6-7-9-19(17)28(22)5-2/h6-13,18H,4-5,14H2,1-3H3,(H,24,29)/t18-/m1/s1. The molecule has 0 aliphatic heterocycles. The average Bonchev–Trinajstić information content (AvgIpc) is 3.09. The van der Waals surface area contributed by atoms with Gasteiger partial charge in [-0.25, -0.2) is 4.98 Å². The van der Waals surface area contributed by atoms with E-state index < -0.39 is 0 Å². The lowest BCUT2D eigenvalue weighted by molar-refractivity contribution is -0.119. The molecular weight excluding hydrogens is 394 g/mol. The fourth-order valence-electron chi connectivity index (χ4n) is 3.66. The Bertz CT molecular complexity index is 1190. The van der Waals surface area contributed by atoms with Crippen molar-refractivity contribution in [3.8, 4) is 0 Å². The van der Waals surface area contributed by atoms with Gasteiger partial charge in [0, 0.05) is 11.9 Å². The van der Waals surface area contributed by atoms with Crippen LogP contribution in [-0.2, 0) is 11.3 Å². The van der Waals surface area contributed by atoms with E-state index in [9.17, 15) is 4.79 Å². The third-order valence-corrected chi connectivity index (χ3v) is 6.06. The summed E-state index contributed by atoms with van der Waals surface area (Å²) in [5.74, 6) is 0.217. The van der Waals surface area contributed by atoms with Crippen molar-refractivity contribution in [3.05, 3.63) is 59.7 Å². The van der Waals surface area contributed by atoms with Crippen LogP contribution >= 0.6 is 11.8 Å². The largest absolute Gasteiger partial charge is 0.349 e. The number of benzene rings is 2. The summed E-state index contributed by atoms with van der Waals surface area (Å²) in [5.41, 5.74) is 5.03. The summed E-state index contributed by atoms with van der Waals surface area (Å²) < 4.78 is 2.13. The minimum atomic E-state index is -0.0350. The van der Waals surface area contributed by atoms with Crippen LogP contribution in [0.1, 0.15) is 37.4 Å². The topological polar surface area (TPSA) is 72.7 Å². The number of nitrogens with one attached hydrogen (secondary N) is 1. The Morgan fingerprint density at radius 1 is 1.10 bits per heavy atom. The molecule has 7 heteroatoms. The van der Waals surface area contributed by atoms with Crippen LogP contribution in [0.5, 0.6) is 0 Å². The fourth-order valence-corrected chi connectivity index (χ4v) is 4.25. The normalized spacial score (nSPS) is 12.4. The van der Waals surface area contributed by atoms with E-state index in [1.165, 1.54) is 17.3 Å². The molecule has 30 heavy (non-hydrogen) atoms. The van der Waals surface area contributed by atoms with Gasteiger partial charge < -0.3 is 9.88 Å². The summed E-state index contributed by atoms with van der Waals surface area (Å²) in [6.07, 6.45) is 0.833. The van der Waals surface area contributed by atoms with Gasteiger partial charge in [0.1, 0.15) is 5.52 Å². The summed E-state index contributed by atoms with van der Waals surface area (Å²) in [6, 6.07) is 16.4. The van der Waals surface area contributed by atoms with Crippen LogP contribution in [0, 0.1) is 6.92 Å². The predicted molar refractivity (Wildman–Crippen MR) is 122 cm³/mol. The number of carbonyl (C=O) groups excluding carboxylic acids is 1. The molecule has 0 aliphatic carbocycles. The number of hydrogen-bond acceptors (Lipinski definition) is 5. The summed E-state index contributed by atoms with van der Waals surface area (Å²) in [5, 5.41) is 13.3. The number of para-hydroxylation sites is 1. The molecule has 0 aliphatic rings. The van der Waals surface area contributed by atoms with Gasteiger partial charge in [-0.05, 0) is 31.9 Å². The molecule has 0 unspecified atom stereocenters. The maximum Gasteiger partial charge on any atom is 0.230 e. The Morgan fingerprint density at radius 3 is 2.60 bits per heavy atom. The highest BCUT2D eigenvalue weighted by Gasteiger charge is 2.16. The fraction of sp³-hybridized carbons (Fsp3) is 0.304. The van der Waals surface area contributed by atoms with Gasteiger partial charge in [-0.15, -0.1) is 10.2 Å². The average molecular weight is 420 g/mol. The lowest BCUT2D eigenvalue weighted by atomic mass is 10.0. The van der Waals surface area contributed by atoms with E-state index in [1.54, 1.807) is 0 Å². The highest BCUT2D eigenvalue weighted by Crippen LogP contribution is 2.27. The van der Waals surface area contributed by atoms with Crippen molar-refractivity contribution in [2.24, 2.45) is 0 Å². The maximum absolute atomic E-state index is 12.5. The Balaban J connectivity index is 1.48. The van der Waals surface area contributed by atoms with Gasteiger partial charge >= 0.3 is 0 Å². The molecule has 0 radical (unpaired) electrons. The molecule has 1 atom stereocenters. The molecule has 0 saturated carbocycles. The lowest BCUT2D eigenvalue weighted by Gasteiger charge is -2.17. The van der Waals surface area contributed by atoms with Gasteiger partial charge in [-0.2, -0.15) is 0 Å². The van der Waals surface area contributed by atoms with Gasteiger partial charge in [0.2, 0.25) is 11.1 Å². The first-order valence-electron chi connectivity index (χ1n) is 10.2. The monoisotopic (exact) mass is 419 g/mol. The van der Waals surface area contributed by atoms with Crippen molar-refractivity contribution >= 4 is 39.7 Å². The number of hydrogen-bond donors (Lipinski definition) is 1. The molecule has 2 aromatic carbocycles. The van der Waals surface area contributed by atoms with Crippen molar-refractivity contribution in [2.75, 3.05) is 5.75 Å².